The molecule has 0 spiro atoms. The third-order valence-electron chi connectivity index (χ3n) is 5.85. The van der Waals surface area contributed by atoms with Crippen molar-refractivity contribution in [3.05, 3.63) is 53.1 Å². The van der Waals surface area contributed by atoms with Crippen molar-refractivity contribution in [1.82, 2.24) is 0 Å². The number of fused-ring (bicyclic) bond motifs is 3. The van der Waals surface area contributed by atoms with Crippen LogP contribution in [0, 0.1) is 0 Å². The van der Waals surface area contributed by atoms with E-state index >= 15 is 0 Å². The van der Waals surface area contributed by atoms with E-state index in [-0.39, 0.29) is 0 Å². The molecule has 2 aromatic carbocycles. The van der Waals surface area contributed by atoms with Gasteiger partial charge in [-0.1, -0.05) is 57.2 Å². The highest BCUT2D eigenvalue weighted by Crippen LogP contribution is 2.36. The molecule has 25 heavy (non-hydrogen) atoms. The van der Waals surface area contributed by atoms with E-state index in [1.807, 2.05) is 18.2 Å². The summed E-state index contributed by atoms with van der Waals surface area (Å²) in [6.07, 6.45) is 0.754. The fourth-order valence-corrected chi connectivity index (χ4v) is 6.59. The SMILES string of the molecule is CC[Si](CC)(CC)OCc1ccc2c(c1B(O)O)Cc1ccccc1-2. The molecule has 0 atom stereocenters. The second-order valence-electron chi connectivity index (χ2n) is 6.90. The molecule has 1 aliphatic rings. The summed E-state index contributed by atoms with van der Waals surface area (Å²) in [6.45, 7) is 7.10. The summed E-state index contributed by atoms with van der Waals surface area (Å²) in [4.78, 5) is 0. The molecule has 132 valence electrons. The largest absolute Gasteiger partial charge is 0.489 e. The van der Waals surface area contributed by atoms with Gasteiger partial charge in [0.25, 0.3) is 0 Å². The van der Waals surface area contributed by atoms with Gasteiger partial charge in [0.1, 0.15) is 0 Å². The average molecular weight is 354 g/mol. The van der Waals surface area contributed by atoms with Crippen molar-refractivity contribution >= 4 is 20.9 Å². The molecule has 1 aliphatic carbocycles. The van der Waals surface area contributed by atoms with Gasteiger partial charge in [-0.2, -0.15) is 0 Å². The fourth-order valence-electron chi connectivity index (χ4n) is 4.02. The quantitative estimate of drug-likeness (QED) is 0.639. The zero-order valence-electron chi connectivity index (χ0n) is 15.4. The Balaban J connectivity index is 1.96. The summed E-state index contributed by atoms with van der Waals surface area (Å²) < 4.78 is 6.41. The molecule has 5 heteroatoms. The lowest BCUT2D eigenvalue weighted by atomic mass is 9.72. The fraction of sp³-hybridized carbons (Fsp3) is 0.400. The molecule has 0 aliphatic heterocycles. The van der Waals surface area contributed by atoms with Gasteiger partial charge in [-0.05, 0) is 57.8 Å². The Labute approximate surface area is 152 Å². The van der Waals surface area contributed by atoms with Crippen LogP contribution >= 0.6 is 0 Å². The summed E-state index contributed by atoms with van der Waals surface area (Å²) in [7, 11) is -3.18. The van der Waals surface area contributed by atoms with E-state index in [4.69, 9.17) is 4.43 Å². The summed E-state index contributed by atoms with van der Waals surface area (Å²) in [5.74, 6) is 0. The van der Waals surface area contributed by atoms with Crippen LogP contribution in [0.2, 0.25) is 18.1 Å². The van der Waals surface area contributed by atoms with Gasteiger partial charge in [0.15, 0.2) is 8.32 Å². The van der Waals surface area contributed by atoms with Crippen molar-refractivity contribution in [3.63, 3.8) is 0 Å². The molecule has 0 aromatic heterocycles. The molecule has 3 rings (SSSR count). The van der Waals surface area contributed by atoms with E-state index in [0.29, 0.717) is 12.1 Å². The van der Waals surface area contributed by atoms with Gasteiger partial charge in [-0.3, -0.25) is 0 Å². The molecule has 0 bridgehead atoms. The molecular weight excluding hydrogens is 327 g/mol. The van der Waals surface area contributed by atoms with Gasteiger partial charge < -0.3 is 14.5 Å². The molecule has 0 heterocycles. The topological polar surface area (TPSA) is 49.7 Å². The Hall–Kier alpha value is -1.40. The van der Waals surface area contributed by atoms with Crippen LogP contribution in [0.15, 0.2) is 36.4 Å². The van der Waals surface area contributed by atoms with Crippen molar-refractivity contribution in [2.45, 2.75) is 51.9 Å². The lowest BCUT2D eigenvalue weighted by Gasteiger charge is -2.28. The summed E-state index contributed by atoms with van der Waals surface area (Å²) in [5, 5.41) is 20.1. The highest BCUT2D eigenvalue weighted by Gasteiger charge is 2.31. The lowest BCUT2D eigenvalue weighted by Crippen LogP contribution is -2.39. The number of rotatable bonds is 7. The van der Waals surface area contributed by atoms with Crippen LogP contribution in [0.5, 0.6) is 0 Å². The van der Waals surface area contributed by atoms with Crippen molar-refractivity contribution in [2.24, 2.45) is 0 Å². The van der Waals surface area contributed by atoms with Crippen LogP contribution in [0.4, 0.5) is 0 Å². The first-order valence-corrected chi connectivity index (χ1v) is 11.8. The first-order valence-electron chi connectivity index (χ1n) is 9.28. The zero-order chi connectivity index (χ0) is 18.0. The third-order valence-corrected chi connectivity index (χ3v) is 10.5. The molecule has 0 radical (unpaired) electrons. The monoisotopic (exact) mass is 354 g/mol. The molecule has 0 saturated heterocycles. The Morgan fingerprint density at radius 3 is 2.28 bits per heavy atom. The first kappa shape index (κ1) is 18.4. The summed E-state index contributed by atoms with van der Waals surface area (Å²) in [5.41, 5.74) is 6.15. The Morgan fingerprint density at radius 1 is 0.960 bits per heavy atom. The minimum absolute atomic E-state index is 0.471. The van der Waals surface area contributed by atoms with Gasteiger partial charge in [0.2, 0.25) is 0 Å². The lowest BCUT2D eigenvalue weighted by molar-refractivity contribution is 0.287. The number of benzene rings is 2. The van der Waals surface area contributed by atoms with E-state index in [1.165, 1.54) is 11.1 Å². The maximum Gasteiger partial charge on any atom is 0.489 e. The van der Waals surface area contributed by atoms with E-state index in [2.05, 4.69) is 39.0 Å². The van der Waals surface area contributed by atoms with Gasteiger partial charge >= 0.3 is 7.12 Å². The maximum atomic E-state index is 10.1. The van der Waals surface area contributed by atoms with Crippen LogP contribution < -0.4 is 5.46 Å². The molecule has 0 amide bonds. The summed E-state index contributed by atoms with van der Waals surface area (Å²) in [6, 6.07) is 15.7. The average Bonchev–Trinajstić information content (AvgIpc) is 3.01. The molecule has 0 fully saturated rings. The Bertz CT molecular complexity index is 748. The van der Waals surface area contributed by atoms with Crippen molar-refractivity contribution in [3.8, 4) is 11.1 Å². The predicted molar refractivity (Wildman–Crippen MR) is 106 cm³/mol. The minimum Gasteiger partial charge on any atom is -0.423 e. The van der Waals surface area contributed by atoms with E-state index < -0.39 is 15.4 Å². The standard InChI is InChI=1S/C20H27BO3Si/c1-4-25(5-2,6-3)24-14-16-11-12-18-17-10-8-7-9-15(17)13-19(18)20(16)21(22)23/h7-12,22-23H,4-6,13-14H2,1-3H3. The van der Waals surface area contributed by atoms with Crippen LogP contribution in [-0.4, -0.2) is 25.5 Å². The van der Waals surface area contributed by atoms with E-state index in [0.717, 1.165) is 41.2 Å². The first-order chi connectivity index (χ1) is 12.0. The zero-order valence-corrected chi connectivity index (χ0v) is 16.4. The van der Waals surface area contributed by atoms with Crippen molar-refractivity contribution in [2.75, 3.05) is 0 Å². The van der Waals surface area contributed by atoms with Crippen molar-refractivity contribution < 1.29 is 14.5 Å². The number of hydrogen-bond acceptors (Lipinski definition) is 3. The van der Waals surface area contributed by atoms with Crippen molar-refractivity contribution in [1.29, 1.82) is 0 Å². The van der Waals surface area contributed by atoms with Gasteiger partial charge in [-0.25, -0.2) is 0 Å². The molecule has 3 nitrogen and oxygen atoms in total. The smallest absolute Gasteiger partial charge is 0.423 e. The van der Waals surface area contributed by atoms with Gasteiger partial charge in [-0.15, -0.1) is 0 Å². The van der Waals surface area contributed by atoms with Crippen LogP contribution in [0.1, 0.15) is 37.5 Å². The number of hydrogen-bond donors (Lipinski definition) is 2. The van der Waals surface area contributed by atoms with Crippen LogP contribution in [0.25, 0.3) is 11.1 Å². The Morgan fingerprint density at radius 2 is 1.64 bits per heavy atom. The second kappa shape index (κ2) is 7.46. The Kier molecular flexibility index (Phi) is 5.49. The minimum atomic E-state index is -1.71. The molecule has 0 unspecified atom stereocenters. The highest BCUT2D eigenvalue weighted by atomic mass is 28.4. The van der Waals surface area contributed by atoms with Gasteiger partial charge in [0.05, 0.1) is 6.61 Å². The van der Waals surface area contributed by atoms with E-state index in [1.54, 1.807) is 0 Å². The molecular formula is C20H27BO3Si. The normalized spacial score (nSPS) is 12.8. The predicted octanol–water partition coefficient (Wildman–Crippen LogP) is 3.46. The second-order valence-corrected chi connectivity index (χ2v) is 11.7. The van der Waals surface area contributed by atoms with E-state index in [9.17, 15) is 10.0 Å². The van der Waals surface area contributed by atoms with Crippen LogP contribution in [0.3, 0.4) is 0 Å². The van der Waals surface area contributed by atoms with Gasteiger partial charge in [0, 0.05) is 0 Å². The molecule has 2 aromatic rings. The molecule has 2 N–H and O–H groups in total. The highest BCUT2D eigenvalue weighted by molar-refractivity contribution is 6.73. The molecule has 0 saturated carbocycles. The maximum absolute atomic E-state index is 10.1. The van der Waals surface area contributed by atoms with Crippen LogP contribution in [-0.2, 0) is 17.5 Å². The summed E-state index contributed by atoms with van der Waals surface area (Å²) >= 11 is 0. The third kappa shape index (κ3) is 3.34.